The molecule has 0 aliphatic rings. The largest absolute Gasteiger partial charge is 0.438 e. The zero-order valence-electron chi connectivity index (χ0n) is 13.3. The predicted octanol–water partition coefficient (Wildman–Crippen LogP) is 4.36. The quantitative estimate of drug-likeness (QED) is 0.406. The van der Waals surface area contributed by atoms with Gasteiger partial charge in [0.05, 0.1) is 5.56 Å². The molecule has 3 rings (SSSR count). The highest BCUT2D eigenvalue weighted by atomic mass is 35.5. The number of ether oxygens (including phenoxy) is 1. The molecule has 1 aromatic heterocycles. The Bertz CT molecular complexity index is 869. The van der Waals surface area contributed by atoms with E-state index in [0.29, 0.717) is 22.2 Å². The summed E-state index contributed by atoms with van der Waals surface area (Å²) >= 11 is 5.94. The van der Waals surface area contributed by atoms with Gasteiger partial charge in [-0.15, -0.1) is 0 Å². The Balaban J connectivity index is 1.72. The van der Waals surface area contributed by atoms with Crippen LogP contribution in [0.15, 0.2) is 78.1 Å². The minimum absolute atomic E-state index is 0.182. The van der Waals surface area contributed by atoms with Gasteiger partial charge in [0.2, 0.25) is 5.88 Å². The van der Waals surface area contributed by atoms with Crippen LogP contribution in [0.2, 0.25) is 5.02 Å². The van der Waals surface area contributed by atoms with Gasteiger partial charge in [0.1, 0.15) is 12.4 Å². The van der Waals surface area contributed by atoms with Crippen molar-refractivity contribution in [3.8, 4) is 11.6 Å². The van der Waals surface area contributed by atoms with Crippen LogP contribution in [0, 0.1) is 0 Å². The van der Waals surface area contributed by atoms with Gasteiger partial charge in [-0.3, -0.25) is 0 Å². The number of halogens is 1. The molecular weight excluding hydrogens is 338 g/mol. The van der Waals surface area contributed by atoms with E-state index in [-0.39, 0.29) is 12.4 Å². The normalized spacial score (nSPS) is 11.2. The maximum atomic E-state index is 6.02. The van der Waals surface area contributed by atoms with E-state index < -0.39 is 0 Å². The minimum Gasteiger partial charge on any atom is -0.438 e. The molecule has 0 saturated heterocycles. The third-order valence-corrected chi connectivity index (χ3v) is 3.52. The minimum atomic E-state index is 0.182. The van der Waals surface area contributed by atoms with Gasteiger partial charge >= 0.3 is 0 Å². The van der Waals surface area contributed by atoms with Crippen molar-refractivity contribution in [3.63, 3.8) is 0 Å². The smallest absolute Gasteiger partial charge is 0.230 e. The van der Waals surface area contributed by atoms with Gasteiger partial charge in [-0.2, -0.15) is 0 Å². The van der Waals surface area contributed by atoms with E-state index in [1.165, 1.54) is 0 Å². The monoisotopic (exact) mass is 353 g/mol. The second kappa shape index (κ2) is 8.17. The van der Waals surface area contributed by atoms with Crippen LogP contribution in [0.25, 0.3) is 0 Å². The van der Waals surface area contributed by atoms with Crippen molar-refractivity contribution in [1.29, 1.82) is 0 Å². The maximum Gasteiger partial charge on any atom is 0.230 e. The number of oxime groups is 1. The zero-order valence-corrected chi connectivity index (χ0v) is 14.1. The number of aromatic nitrogens is 1. The van der Waals surface area contributed by atoms with E-state index in [2.05, 4.69) is 10.1 Å². The molecule has 0 saturated carbocycles. The Hall–Kier alpha value is -3.05. The molecule has 0 unspecified atom stereocenters. The highest BCUT2D eigenvalue weighted by Crippen LogP contribution is 2.22. The predicted molar refractivity (Wildman–Crippen MR) is 97.7 cm³/mol. The Morgan fingerprint density at radius 1 is 1.04 bits per heavy atom. The molecule has 0 amide bonds. The molecule has 1 heterocycles. The standard InChI is InChI=1S/C19H16ClN3O2/c20-15-7-4-6-14(12-15)13-24-23-18(21)17-10-5-11-22-19(17)25-16-8-2-1-3-9-16/h1-12H,13H2,(H2,21,23). The van der Waals surface area contributed by atoms with Crippen LogP contribution in [-0.4, -0.2) is 10.8 Å². The van der Waals surface area contributed by atoms with Gasteiger partial charge in [-0.05, 0) is 42.0 Å². The second-order valence-electron chi connectivity index (χ2n) is 5.15. The third kappa shape index (κ3) is 4.71. The average Bonchev–Trinajstić information content (AvgIpc) is 2.63. The van der Waals surface area contributed by atoms with Crippen LogP contribution < -0.4 is 10.5 Å². The van der Waals surface area contributed by atoms with Crippen molar-refractivity contribution in [2.45, 2.75) is 6.61 Å². The first-order valence-corrected chi connectivity index (χ1v) is 7.98. The number of nitrogens with zero attached hydrogens (tertiary/aromatic N) is 2. The number of amidine groups is 1. The molecule has 126 valence electrons. The summed E-state index contributed by atoms with van der Waals surface area (Å²) in [4.78, 5) is 9.53. The number of para-hydroxylation sites is 1. The van der Waals surface area contributed by atoms with Gasteiger partial charge in [0, 0.05) is 11.2 Å². The van der Waals surface area contributed by atoms with Crippen molar-refractivity contribution in [3.05, 3.63) is 89.1 Å². The molecule has 0 bridgehead atoms. The van der Waals surface area contributed by atoms with Gasteiger partial charge in [-0.1, -0.05) is 47.1 Å². The molecule has 3 aromatic rings. The lowest BCUT2D eigenvalue weighted by molar-refractivity contribution is 0.130. The number of hydrogen-bond acceptors (Lipinski definition) is 4. The molecule has 0 atom stereocenters. The maximum absolute atomic E-state index is 6.02. The lowest BCUT2D eigenvalue weighted by atomic mass is 10.2. The Labute approximate surface area is 150 Å². The number of pyridine rings is 1. The number of hydrogen-bond donors (Lipinski definition) is 1. The van der Waals surface area contributed by atoms with Crippen LogP contribution in [0.3, 0.4) is 0 Å². The summed E-state index contributed by atoms with van der Waals surface area (Å²) in [6.45, 7) is 0.260. The molecular formula is C19H16ClN3O2. The highest BCUT2D eigenvalue weighted by Gasteiger charge is 2.10. The van der Waals surface area contributed by atoms with E-state index in [1.807, 2.05) is 42.5 Å². The molecule has 0 fully saturated rings. The fourth-order valence-corrected chi connectivity index (χ4v) is 2.33. The van der Waals surface area contributed by atoms with Gasteiger partial charge in [0.25, 0.3) is 0 Å². The fraction of sp³-hybridized carbons (Fsp3) is 0.0526. The first-order chi connectivity index (χ1) is 12.2. The highest BCUT2D eigenvalue weighted by molar-refractivity contribution is 6.30. The van der Waals surface area contributed by atoms with E-state index >= 15 is 0 Å². The Morgan fingerprint density at radius 2 is 1.88 bits per heavy atom. The molecule has 0 aliphatic carbocycles. The summed E-state index contributed by atoms with van der Waals surface area (Å²) in [6.07, 6.45) is 1.63. The van der Waals surface area contributed by atoms with E-state index in [1.54, 1.807) is 30.5 Å². The summed E-state index contributed by atoms with van der Waals surface area (Å²) in [7, 11) is 0. The van der Waals surface area contributed by atoms with Crippen molar-refractivity contribution >= 4 is 17.4 Å². The first-order valence-electron chi connectivity index (χ1n) is 7.60. The summed E-state index contributed by atoms with van der Waals surface area (Å²) in [5.41, 5.74) is 7.47. The molecule has 6 heteroatoms. The van der Waals surface area contributed by atoms with Crippen molar-refractivity contribution in [2.24, 2.45) is 10.9 Å². The van der Waals surface area contributed by atoms with Gasteiger partial charge in [0.15, 0.2) is 5.84 Å². The molecule has 0 spiro atoms. The number of rotatable bonds is 6. The number of benzene rings is 2. The summed E-state index contributed by atoms with van der Waals surface area (Å²) in [6, 6.07) is 20.2. The fourth-order valence-electron chi connectivity index (χ4n) is 2.12. The van der Waals surface area contributed by atoms with Crippen LogP contribution in [-0.2, 0) is 11.4 Å². The summed E-state index contributed by atoms with van der Waals surface area (Å²) in [5.74, 6) is 1.21. The molecule has 2 N–H and O–H groups in total. The van der Waals surface area contributed by atoms with Crippen molar-refractivity contribution in [1.82, 2.24) is 4.98 Å². The Morgan fingerprint density at radius 3 is 2.68 bits per heavy atom. The molecule has 0 aliphatic heterocycles. The van der Waals surface area contributed by atoms with E-state index in [9.17, 15) is 0 Å². The van der Waals surface area contributed by atoms with E-state index in [4.69, 9.17) is 26.9 Å². The van der Waals surface area contributed by atoms with E-state index in [0.717, 1.165) is 5.56 Å². The van der Waals surface area contributed by atoms with Crippen LogP contribution in [0.5, 0.6) is 11.6 Å². The van der Waals surface area contributed by atoms with Crippen LogP contribution in [0.1, 0.15) is 11.1 Å². The zero-order chi connectivity index (χ0) is 17.5. The SMILES string of the molecule is N/C(=N/OCc1cccc(Cl)c1)c1cccnc1Oc1ccccc1. The Kier molecular flexibility index (Phi) is 5.49. The topological polar surface area (TPSA) is 69.7 Å². The molecule has 5 nitrogen and oxygen atoms in total. The van der Waals surface area contributed by atoms with Crippen LogP contribution >= 0.6 is 11.6 Å². The first kappa shape index (κ1) is 16.8. The molecule has 0 radical (unpaired) electrons. The average molecular weight is 354 g/mol. The van der Waals surface area contributed by atoms with Gasteiger partial charge < -0.3 is 15.3 Å². The lowest BCUT2D eigenvalue weighted by Crippen LogP contribution is -2.15. The molecule has 25 heavy (non-hydrogen) atoms. The summed E-state index contributed by atoms with van der Waals surface area (Å²) < 4.78 is 5.77. The second-order valence-corrected chi connectivity index (χ2v) is 5.59. The molecule has 2 aromatic carbocycles. The number of nitrogens with two attached hydrogens (primary N) is 1. The van der Waals surface area contributed by atoms with Gasteiger partial charge in [-0.25, -0.2) is 4.98 Å². The lowest BCUT2D eigenvalue weighted by Gasteiger charge is -2.09. The van der Waals surface area contributed by atoms with Crippen molar-refractivity contribution in [2.75, 3.05) is 0 Å². The third-order valence-electron chi connectivity index (χ3n) is 3.29. The van der Waals surface area contributed by atoms with Crippen LogP contribution in [0.4, 0.5) is 0 Å². The van der Waals surface area contributed by atoms with Crippen molar-refractivity contribution < 1.29 is 9.57 Å². The summed E-state index contributed by atoms with van der Waals surface area (Å²) in [5, 5.41) is 4.60.